The van der Waals surface area contributed by atoms with Gasteiger partial charge in [-0.3, -0.25) is 4.79 Å². The van der Waals surface area contributed by atoms with Crippen molar-refractivity contribution in [2.45, 2.75) is 10.6 Å². The molecule has 0 aliphatic heterocycles. The molecule has 5 nitrogen and oxygen atoms in total. The van der Waals surface area contributed by atoms with Crippen LogP contribution in [-0.4, -0.2) is 14.6 Å². The molecule has 0 aliphatic carbocycles. The standard InChI is InChI=1S/C12H9FN4OS2/c13-9-4-8(1-2-10(9)14)19-5-7-3-11(18)17-12(16-7)20-6-15-17/h1-4,6H,5,14H2. The number of halogens is 1. The van der Waals surface area contributed by atoms with E-state index >= 15 is 0 Å². The van der Waals surface area contributed by atoms with Crippen LogP contribution < -0.4 is 11.3 Å². The van der Waals surface area contributed by atoms with Gasteiger partial charge in [-0.2, -0.15) is 9.61 Å². The summed E-state index contributed by atoms with van der Waals surface area (Å²) in [5.74, 6) is 0.0356. The largest absolute Gasteiger partial charge is 0.396 e. The maximum atomic E-state index is 13.3. The van der Waals surface area contributed by atoms with E-state index in [1.807, 2.05) is 0 Å². The summed E-state index contributed by atoms with van der Waals surface area (Å²) in [5, 5.41) is 3.89. The fourth-order valence-corrected chi connectivity index (χ4v) is 3.09. The Morgan fingerprint density at radius 2 is 2.25 bits per heavy atom. The molecule has 0 unspecified atom stereocenters. The van der Waals surface area contributed by atoms with E-state index in [0.717, 1.165) is 4.90 Å². The second-order valence-corrected chi connectivity index (χ2v) is 5.85. The van der Waals surface area contributed by atoms with E-state index in [2.05, 4.69) is 10.1 Å². The summed E-state index contributed by atoms with van der Waals surface area (Å²) >= 11 is 2.69. The molecule has 3 rings (SSSR count). The number of hydrogen-bond donors (Lipinski definition) is 1. The molecule has 0 saturated heterocycles. The third kappa shape index (κ3) is 2.52. The maximum absolute atomic E-state index is 13.3. The molecule has 0 fully saturated rings. The summed E-state index contributed by atoms with van der Waals surface area (Å²) < 4.78 is 14.6. The number of aromatic nitrogens is 3. The molecule has 0 atom stereocenters. The lowest BCUT2D eigenvalue weighted by Gasteiger charge is -2.03. The first-order valence-electron chi connectivity index (χ1n) is 5.64. The molecule has 0 radical (unpaired) electrons. The first-order valence-corrected chi connectivity index (χ1v) is 7.50. The predicted molar refractivity (Wildman–Crippen MR) is 77.5 cm³/mol. The third-order valence-corrected chi connectivity index (χ3v) is 4.30. The zero-order valence-electron chi connectivity index (χ0n) is 10.1. The topological polar surface area (TPSA) is 73.3 Å². The van der Waals surface area contributed by atoms with E-state index in [0.29, 0.717) is 16.4 Å². The number of fused-ring (bicyclic) bond motifs is 1. The van der Waals surface area contributed by atoms with E-state index in [4.69, 9.17) is 5.73 Å². The van der Waals surface area contributed by atoms with Gasteiger partial charge in [0.15, 0.2) is 0 Å². The fraction of sp³-hybridized carbons (Fsp3) is 0.0833. The van der Waals surface area contributed by atoms with Crippen LogP contribution in [0, 0.1) is 5.82 Å². The molecule has 0 bridgehead atoms. The van der Waals surface area contributed by atoms with Crippen molar-refractivity contribution in [3.63, 3.8) is 0 Å². The van der Waals surface area contributed by atoms with Crippen LogP contribution in [0.25, 0.3) is 4.96 Å². The van der Waals surface area contributed by atoms with E-state index < -0.39 is 5.82 Å². The zero-order chi connectivity index (χ0) is 14.1. The van der Waals surface area contributed by atoms with Crippen LogP contribution >= 0.6 is 23.1 Å². The Hall–Kier alpha value is -1.93. The van der Waals surface area contributed by atoms with Gasteiger partial charge in [0.25, 0.3) is 5.56 Å². The van der Waals surface area contributed by atoms with Crippen LogP contribution in [0.2, 0.25) is 0 Å². The molecular weight excluding hydrogens is 299 g/mol. The minimum atomic E-state index is -0.444. The minimum absolute atomic E-state index is 0.122. The highest BCUT2D eigenvalue weighted by atomic mass is 32.2. The van der Waals surface area contributed by atoms with Gasteiger partial charge in [-0.05, 0) is 18.2 Å². The summed E-state index contributed by atoms with van der Waals surface area (Å²) in [6.45, 7) is 0. The maximum Gasteiger partial charge on any atom is 0.275 e. The van der Waals surface area contributed by atoms with Gasteiger partial charge in [-0.25, -0.2) is 9.37 Å². The molecule has 1 aromatic carbocycles. The molecule has 0 saturated carbocycles. The zero-order valence-corrected chi connectivity index (χ0v) is 11.7. The number of anilines is 1. The lowest BCUT2D eigenvalue weighted by atomic mass is 10.3. The van der Waals surface area contributed by atoms with E-state index in [9.17, 15) is 9.18 Å². The highest BCUT2D eigenvalue weighted by molar-refractivity contribution is 7.98. The quantitative estimate of drug-likeness (QED) is 0.593. The first-order chi connectivity index (χ1) is 9.63. The number of nitrogen functional groups attached to an aromatic ring is 1. The van der Waals surface area contributed by atoms with Crippen molar-refractivity contribution >= 4 is 33.7 Å². The predicted octanol–water partition coefficient (Wildman–Crippen LogP) is 2.16. The van der Waals surface area contributed by atoms with Crippen molar-refractivity contribution in [1.82, 2.24) is 14.6 Å². The number of nitrogens with two attached hydrogens (primary N) is 1. The van der Waals surface area contributed by atoms with Crippen molar-refractivity contribution in [1.29, 1.82) is 0 Å². The molecule has 2 heterocycles. The number of thioether (sulfide) groups is 1. The SMILES string of the molecule is Nc1ccc(SCc2cc(=O)n3ncsc3n2)cc1F. The van der Waals surface area contributed by atoms with Gasteiger partial charge in [0, 0.05) is 16.7 Å². The van der Waals surface area contributed by atoms with Gasteiger partial charge in [0.1, 0.15) is 11.3 Å². The summed E-state index contributed by atoms with van der Waals surface area (Å²) in [7, 11) is 0. The molecule has 0 amide bonds. The van der Waals surface area contributed by atoms with Crippen molar-refractivity contribution in [2.24, 2.45) is 0 Å². The van der Waals surface area contributed by atoms with Crippen LogP contribution in [0.15, 0.2) is 39.5 Å². The fourth-order valence-electron chi connectivity index (χ4n) is 1.63. The Balaban J connectivity index is 1.82. The average molecular weight is 308 g/mol. The molecule has 0 aliphatic rings. The Kier molecular flexibility index (Phi) is 3.41. The first kappa shape index (κ1) is 13.1. The Bertz CT molecular complexity index is 830. The van der Waals surface area contributed by atoms with Gasteiger partial charge in [-0.1, -0.05) is 11.3 Å². The van der Waals surface area contributed by atoms with Crippen molar-refractivity contribution < 1.29 is 4.39 Å². The minimum Gasteiger partial charge on any atom is -0.396 e. The highest BCUT2D eigenvalue weighted by Gasteiger charge is 2.06. The summed E-state index contributed by atoms with van der Waals surface area (Å²) in [5.41, 5.74) is 7.54. The Labute approximate surface area is 121 Å². The molecule has 20 heavy (non-hydrogen) atoms. The lowest BCUT2D eigenvalue weighted by molar-refractivity contribution is 0.629. The lowest BCUT2D eigenvalue weighted by Crippen LogP contribution is -2.14. The van der Waals surface area contributed by atoms with Crippen LogP contribution in [0.1, 0.15) is 5.69 Å². The van der Waals surface area contributed by atoms with Crippen molar-refractivity contribution in [2.75, 3.05) is 5.73 Å². The van der Waals surface area contributed by atoms with Crippen LogP contribution in [0.4, 0.5) is 10.1 Å². The molecule has 3 aromatic rings. The number of benzene rings is 1. The summed E-state index contributed by atoms with van der Waals surface area (Å²) in [6.07, 6.45) is 0. The normalized spacial score (nSPS) is 11.1. The van der Waals surface area contributed by atoms with Crippen LogP contribution in [0.3, 0.4) is 0 Å². The average Bonchev–Trinajstić information content (AvgIpc) is 2.89. The monoisotopic (exact) mass is 308 g/mol. The molecule has 2 aromatic heterocycles. The van der Waals surface area contributed by atoms with Gasteiger partial charge >= 0.3 is 0 Å². The second kappa shape index (κ2) is 5.22. The molecular formula is C12H9FN4OS2. The van der Waals surface area contributed by atoms with E-state index in [-0.39, 0.29) is 11.2 Å². The summed E-state index contributed by atoms with van der Waals surface area (Å²) in [4.78, 5) is 17.4. The second-order valence-electron chi connectivity index (χ2n) is 3.99. The number of rotatable bonds is 3. The van der Waals surface area contributed by atoms with E-state index in [1.165, 1.54) is 45.8 Å². The molecule has 2 N–H and O–H groups in total. The number of nitrogens with zero attached hydrogens (tertiary/aromatic N) is 3. The van der Waals surface area contributed by atoms with Crippen LogP contribution in [-0.2, 0) is 5.75 Å². The highest BCUT2D eigenvalue weighted by Crippen LogP contribution is 2.24. The third-order valence-electron chi connectivity index (χ3n) is 2.60. The smallest absolute Gasteiger partial charge is 0.275 e. The van der Waals surface area contributed by atoms with Crippen LogP contribution in [0.5, 0.6) is 0 Å². The summed E-state index contributed by atoms with van der Waals surface area (Å²) in [6, 6.07) is 6.07. The van der Waals surface area contributed by atoms with Crippen molar-refractivity contribution in [3.8, 4) is 0 Å². The van der Waals surface area contributed by atoms with E-state index in [1.54, 1.807) is 11.6 Å². The van der Waals surface area contributed by atoms with Crippen molar-refractivity contribution in [3.05, 3.63) is 51.6 Å². The van der Waals surface area contributed by atoms with Gasteiger partial charge in [-0.15, -0.1) is 11.8 Å². The molecule has 102 valence electrons. The Morgan fingerprint density at radius 1 is 1.40 bits per heavy atom. The van der Waals surface area contributed by atoms with Gasteiger partial charge < -0.3 is 5.73 Å². The number of hydrogen-bond acceptors (Lipinski definition) is 6. The van der Waals surface area contributed by atoms with Gasteiger partial charge in [0.05, 0.1) is 11.4 Å². The molecule has 8 heteroatoms. The van der Waals surface area contributed by atoms with Gasteiger partial charge in [0.2, 0.25) is 4.96 Å². The Morgan fingerprint density at radius 3 is 3.05 bits per heavy atom. The molecule has 0 spiro atoms.